The summed E-state index contributed by atoms with van der Waals surface area (Å²) in [6.07, 6.45) is 5.23. The molecule has 1 aliphatic heterocycles. The zero-order valence-electron chi connectivity index (χ0n) is 18.0. The van der Waals surface area contributed by atoms with Crippen LogP contribution < -0.4 is 0 Å². The van der Waals surface area contributed by atoms with Crippen molar-refractivity contribution in [2.75, 3.05) is 13.2 Å². The van der Waals surface area contributed by atoms with Crippen LogP contribution in [0, 0.1) is 17.8 Å². The lowest BCUT2D eigenvalue weighted by Gasteiger charge is -2.26. The van der Waals surface area contributed by atoms with Crippen LogP contribution in [0.5, 0.6) is 0 Å². The van der Waals surface area contributed by atoms with Gasteiger partial charge in [0.1, 0.15) is 6.10 Å². The van der Waals surface area contributed by atoms with E-state index in [1.807, 2.05) is 13.0 Å². The van der Waals surface area contributed by atoms with Crippen molar-refractivity contribution < 1.29 is 28.2 Å². The predicted octanol–water partition coefficient (Wildman–Crippen LogP) is 4.65. The first kappa shape index (κ1) is 22.2. The molecule has 0 N–H and O–H groups in total. The fourth-order valence-corrected chi connectivity index (χ4v) is 5.34. The average molecular weight is 431 g/mol. The van der Waals surface area contributed by atoms with E-state index < -0.39 is 17.7 Å². The maximum Gasteiger partial charge on any atom is 0.338 e. The summed E-state index contributed by atoms with van der Waals surface area (Å²) in [5.41, 5.74) is 0.501. The Morgan fingerprint density at radius 1 is 1.23 bits per heavy atom. The van der Waals surface area contributed by atoms with Crippen molar-refractivity contribution in [3.05, 3.63) is 48.0 Å². The normalized spacial score (nSPS) is 30.0. The molecule has 5 nitrogen and oxygen atoms in total. The van der Waals surface area contributed by atoms with Gasteiger partial charge >= 0.3 is 5.97 Å². The van der Waals surface area contributed by atoms with Crippen molar-refractivity contribution in [2.45, 2.75) is 63.5 Å². The highest BCUT2D eigenvalue weighted by molar-refractivity contribution is 5.93. The Morgan fingerprint density at radius 3 is 2.68 bits per heavy atom. The maximum absolute atomic E-state index is 14.2. The van der Waals surface area contributed by atoms with E-state index in [1.165, 1.54) is 6.08 Å². The van der Waals surface area contributed by atoms with E-state index in [0.29, 0.717) is 38.0 Å². The number of halogens is 1. The monoisotopic (exact) mass is 430 g/mol. The van der Waals surface area contributed by atoms with Crippen LogP contribution >= 0.6 is 0 Å². The summed E-state index contributed by atoms with van der Waals surface area (Å²) < 4.78 is 31.8. The smallest absolute Gasteiger partial charge is 0.338 e. The van der Waals surface area contributed by atoms with Crippen molar-refractivity contribution in [1.29, 1.82) is 0 Å². The molecule has 6 heteroatoms. The largest absolute Gasteiger partial charge is 0.458 e. The molecular formula is C25H31FO5. The number of hydrogen-bond acceptors (Lipinski definition) is 5. The molecule has 1 aromatic carbocycles. The third-order valence-electron chi connectivity index (χ3n) is 6.87. The summed E-state index contributed by atoms with van der Waals surface area (Å²) in [5.74, 6) is -1.14. The van der Waals surface area contributed by atoms with Gasteiger partial charge in [0.15, 0.2) is 17.7 Å². The fourth-order valence-electron chi connectivity index (χ4n) is 5.34. The van der Waals surface area contributed by atoms with Gasteiger partial charge in [0.2, 0.25) is 0 Å². The van der Waals surface area contributed by atoms with Gasteiger partial charge in [-0.15, -0.1) is 0 Å². The van der Waals surface area contributed by atoms with E-state index in [0.717, 1.165) is 12.8 Å². The topological polar surface area (TPSA) is 61.8 Å². The van der Waals surface area contributed by atoms with Crippen molar-refractivity contribution in [2.24, 2.45) is 17.8 Å². The molecule has 3 fully saturated rings. The average Bonchev–Trinajstić information content (AvgIpc) is 3.46. The number of allylic oxidation sites excluding steroid dienone is 1. The Balaban J connectivity index is 1.48. The van der Waals surface area contributed by atoms with Gasteiger partial charge in [0, 0.05) is 18.8 Å². The molecule has 1 unspecified atom stereocenters. The first-order valence-electron chi connectivity index (χ1n) is 11.4. The quantitative estimate of drug-likeness (QED) is 0.444. The lowest BCUT2D eigenvalue weighted by atomic mass is 9.90. The van der Waals surface area contributed by atoms with Crippen LogP contribution in [0.2, 0.25) is 0 Å². The van der Waals surface area contributed by atoms with Gasteiger partial charge in [-0.25, -0.2) is 9.18 Å². The van der Waals surface area contributed by atoms with E-state index in [2.05, 4.69) is 0 Å². The molecule has 4 rings (SSSR count). The summed E-state index contributed by atoms with van der Waals surface area (Å²) in [5, 5.41) is 0. The van der Waals surface area contributed by atoms with Gasteiger partial charge in [-0.3, -0.25) is 4.79 Å². The first-order chi connectivity index (χ1) is 15.0. The molecule has 2 saturated carbocycles. The second-order valence-corrected chi connectivity index (χ2v) is 8.93. The second kappa shape index (κ2) is 9.61. The van der Waals surface area contributed by atoms with Crippen molar-refractivity contribution in [3.8, 4) is 0 Å². The van der Waals surface area contributed by atoms with Crippen molar-refractivity contribution in [3.63, 3.8) is 0 Å². The molecule has 0 radical (unpaired) electrons. The van der Waals surface area contributed by atoms with E-state index in [-0.39, 0.29) is 36.2 Å². The first-order valence-corrected chi connectivity index (χ1v) is 11.4. The molecule has 3 aliphatic rings. The fraction of sp³-hybridized carbons (Fsp3) is 0.600. The number of carbonyl (C=O) groups excluding carboxylic acids is 2. The Bertz CT molecular complexity index is 801. The molecule has 1 spiro atoms. The van der Waals surface area contributed by atoms with Crippen LogP contribution in [-0.2, 0) is 19.0 Å². The summed E-state index contributed by atoms with van der Waals surface area (Å²) >= 11 is 0. The van der Waals surface area contributed by atoms with Gasteiger partial charge in [0.25, 0.3) is 0 Å². The van der Waals surface area contributed by atoms with Gasteiger partial charge in [0.05, 0.1) is 18.8 Å². The van der Waals surface area contributed by atoms with Gasteiger partial charge in [-0.1, -0.05) is 44.0 Å². The van der Waals surface area contributed by atoms with Gasteiger partial charge in [-0.2, -0.15) is 0 Å². The number of ether oxygens (including phenoxy) is 3. The molecule has 2 aliphatic carbocycles. The summed E-state index contributed by atoms with van der Waals surface area (Å²) in [6.45, 7) is 3.15. The predicted molar refractivity (Wildman–Crippen MR) is 113 cm³/mol. The van der Waals surface area contributed by atoms with Crippen LogP contribution in [-0.4, -0.2) is 43.0 Å². The SMILES string of the molecule is CCCCC(F)C(=O)/C=C/[C@@H]1[C@H]2CC3(C[C@H]2C[C@H]1OC(=O)c1ccccc1)OCCO3. The van der Waals surface area contributed by atoms with Crippen LogP contribution in [0.1, 0.15) is 55.8 Å². The minimum atomic E-state index is -1.48. The summed E-state index contributed by atoms with van der Waals surface area (Å²) in [4.78, 5) is 24.9. The molecule has 5 atom stereocenters. The highest BCUT2D eigenvalue weighted by atomic mass is 19.1. The third kappa shape index (κ3) is 4.90. The zero-order chi connectivity index (χ0) is 21.8. The Kier molecular flexibility index (Phi) is 6.87. The zero-order valence-corrected chi connectivity index (χ0v) is 18.0. The van der Waals surface area contributed by atoms with Gasteiger partial charge < -0.3 is 14.2 Å². The molecule has 1 aromatic rings. The van der Waals surface area contributed by atoms with Crippen LogP contribution in [0.3, 0.4) is 0 Å². The highest BCUT2D eigenvalue weighted by Crippen LogP contribution is 2.55. The van der Waals surface area contributed by atoms with Crippen LogP contribution in [0.15, 0.2) is 42.5 Å². The molecule has 31 heavy (non-hydrogen) atoms. The van der Waals surface area contributed by atoms with E-state index in [9.17, 15) is 14.0 Å². The van der Waals surface area contributed by atoms with E-state index in [1.54, 1.807) is 30.3 Å². The number of hydrogen-bond donors (Lipinski definition) is 0. The minimum absolute atomic E-state index is 0.160. The number of unbranched alkanes of at least 4 members (excludes halogenated alkanes) is 1. The number of rotatable bonds is 8. The number of ketones is 1. The molecule has 0 amide bonds. The maximum atomic E-state index is 14.2. The standard InChI is InChI=1S/C25H31FO5/c1-2-3-9-21(26)22(27)11-10-19-20-16-25(29-12-13-30-25)15-18(20)14-23(19)31-24(28)17-7-5-4-6-8-17/h4-8,10-11,18-21,23H,2-3,9,12-16H2,1H3/b11-10+/t18-,19-,20+,21?,23-/m1/s1. The summed E-state index contributed by atoms with van der Waals surface area (Å²) in [7, 11) is 0. The number of carbonyl (C=O) groups is 2. The number of esters is 1. The molecule has 0 aromatic heterocycles. The lowest BCUT2D eigenvalue weighted by Crippen LogP contribution is -2.31. The third-order valence-corrected chi connectivity index (χ3v) is 6.87. The Labute approximate surface area is 182 Å². The van der Waals surface area contributed by atoms with Gasteiger partial charge in [-0.05, 0) is 42.9 Å². The number of fused-ring (bicyclic) bond motifs is 1. The Hall–Kier alpha value is -2.05. The number of benzene rings is 1. The minimum Gasteiger partial charge on any atom is -0.458 e. The van der Waals surface area contributed by atoms with Crippen LogP contribution in [0.25, 0.3) is 0 Å². The second-order valence-electron chi connectivity index (χ2n) is 8.93. The number of alkyl halides is 1. The van der Waals surface area contributed by atoms with Crippen LogP contribution in [0.4, 0.5) is 4.39 Å². The molecule has 1 saturated heterocycles. The lowest BCUT2D eigenvalue weighted by molar-refractivity contribution is -0.157. The van der Waals surface area contributed by atoms with E-state index >= 15 is 0 Å². The highest BCUT2D eigenvalue weighted by Gasteiger charge is 2.57. The molecular weight excluding hydrogens is 399 g/mol. The van der Waals surface area contributed by atoms with Crippen molar-refractivity contribution >= 4 is 11.8 Å². The van der Waals surface area contributed by atoms with Crippen molar-refractivity contribution in [1.82, 2.24) is 0 Å². The van der Waals surface area contributed by atoms with E-state index in [4.69, 9.17) is 14.2 Å². The molecule has 0 bridgehead atoms. The Morgan fingerprint density at radius 2 is 1.97 bits per heavy atom. The summed E-state index contributed by atoms with van der Waals surface area (Å²) in [6, 6.07) is 8.89. The molecule has 1 heterocycles. The molecule has 168 valence electrons.